The number of piperidine rings is 2. The molecule has 144 valence electrons. The van der Waals surface area contributed by atoms with Crippen LogP contribution in [-0.2, 0) is 6.54 Å². The van der Waals surface area contributed by atoms with Crippen molar-refractivity contribution in [3.63, 3.8) is 0 Å². The van der Waals surface area contributed by atoms with Crippen molar-refractivity contribution in [2.24, 2.45) is 0 Å². The van der Waals surface area contributed by atoms with E-state index in [-0.39, 0.29) is 17.9 Å². The van der Waals surface area contributed by atoms with Crippen molar-refractivity contribution in [1.29, 1.82) is 0 Å². The molecule has 4 heterocycles. The van der Waals surface area contributed by atoms with Gasteiger partial charge in [-0.15, -0.1) is 0 Å². The fraction of sp³-hybridized carbons (Fsp3) is 0.550. The molecule has 27 heavy (non-hydrogen) atoms. The van der Waals surface area contributed by atoms with Crippen LogP contribution in [0.1, 0.15) is 53.5 Å². The summed E-state index contributed by atoms with van der Waals surface area (Å²) in [6, 6.07) is 7.80. The summed E-state index contributed by atoms with van der Waals surface area (Å²) in [4.78, 5) is 21.1. The van der Waals surface area contributed by atoms with E-state index in [2.05, 4.69) is 15.0 Å². The SMILES string of the molecule is O=C(c1cc([C@@H]2CCCN(Cc3ccccn3)C2)no1)N1CCC(O)CC1. The van der Waals surface area contributed by atoms with E-state index < -0.39 is 0 Å². The molecule has 0 saturated carbocycles. The average molecular weight is 370 g/mol. The second kappa shape index (κ2) is 8.19. The quantitative estimate of drug-likeness (QED) is 0.887. The minimum absolute atomic E-state index is 0.123. The largest absolute Gasteiger partial charge is 0.393 e. The average Bonchev–Trinajstić information content (AvgIpc) is 3.19. The maximum absolute atomic E-state index is 12.6. The van der Waals surface area contributed by atoms with E-state index in [1.807, 2.05) is 30.5 Å². The third kappa shape index (κ3) is 4.36. The highest BCUT2D eigenvalue weighted by atomic mass is 16.5. The van der Waals surface area contributed by atoms with E-state index in [0.717, 1.165) is 43.9 Å². The Morgan fingerprint density at radius 1 is 1.22 bits per heavy atom. The van der Waals surface area contributed by atoms with Gasteiger partial charge in [-0.2, -0.15) is 0 Å². The maximum atomic E-state index is 12.6. The highest BCUT2D eigenvalue weighted by molar-refractivity contribution is 5.91. The van der Waals surface area contributed by atoms with Crippen LogP contribution in [0.5, 0.6) is 0 Å². The van der Waals surface area contributed by atoms with Gasteiger partial charge >= 0.3 is 0 Å². The summed E-state index contributed by atoms with van der Waals surface area (Å²) >= 11 is 0. The Morgan fingerprint density at radius 2 is 2.07 bits per heavy atom. The molecular weight excluding hydrogens is 344 g/mol. The van der Waals surface area contributed by atoms with Gasteiger partial charge in [-0.25, -0.2) is 0 Å². The van der Waals surface area contributed by atoms with Crippen LogP contribution in [0.4, 0.5) is 0 Å². The fourth-order valence-electron chi connectivity index (χ4n) is 3.97. The highest BCUT2D eigenvalue weighted by Crippen LogP contribution is 2.28. The zero-order chi connectivity index (χ0) is 18.6. The Hall–Kier alpha value is -2.25. The lowest BCUT2D eigenvalue weighted by atomic mass is 9.94. The molecular formula is C20H26N4O3. The summed E-state index contributed by atoms with van der Waals surface area (Å²) in [5.41, 5.74) is 1.93. The molecule has 2 aliphatic rings. The standard InChI is InChI=1S/C20H26N4O3/c25-17-6-10-24(11-7-17)20(26)19-12-18(22-27-19)15-4-3-9-23(13-15)14-16-5-1-2-8-21-16/h1-2,5,8,12,15,17,25H,3-4,6-7,9-11,13-14H2/t15-/m1/s1. The number of likely N-dealkylation sites (tertiary alicyclic amines) is 2. The van der Waals surface area contributed by atoms with E-state index in [0.29, 0.717) is 31.7 Å². The topological polar surface area (TPSA) is 82.7 Å². The van der Waals surface area contributed by atoms with Gasteiger partial charge in [0.1, 0.15) is 0 Å². The molecule has 0 aliphatic carbocycles. The lowest BCUT2D eigenvalue weighted by Crippen LogP contribution is -2.39. The number of hydrogen-bond acceptors (Lipinski definition) is 6. The van der Waals surface area contributed by atoms with Gasteiger partial charge in [-0.05, 0) is 44.4 Å². The van der Waals surface area contributed by atoms with Crippen LogP contribution in [-0.4, -0.2) is 63.2 Å². The van der Waals surface area contributed by atoms with Gasteiger partial charge in [0.25, 0.3) is 5.91 Å². The lowest BCUT2D eigenvalue weighted by molar-refractivity contribution is 0.0512. The molecule has 0 radical (unpaired) electrons. The Labute approximate surface area is 159 Å². The van der Waals surface area contributed by atoms with Crippen LogP contribution in [0.2, 0.25) is 0 Å². The number of carbonyl (C=O) groups excluding carboxylic acids is 1. The number of nitrogens with zero attached hydrogens (tertiary/aromatic N) is 4. The number of aromatic nitrogens is 2. The first-order valence-corrected chi connectivity index (χ1v) is 9.75. The van der Waals surface area contributed by atoms with Crippen LogP contribution in [0, 0.1) is 0 Å². The second-order valence-corrected chi connectivity index (χ2v) is 7.53. The molecule has 7 nitrogen and oxygen atoms in total. The first-order chi connectivity index (χ1) is 13.2. The Bertz CT molecular complexity index is 756. The van der Waals surface area contributed by atoms with Crippen molar-refractivity contribution < 1.29 is 14.4 Å². The predicted molar refractivity (Wildman–Crippen MR) is 99.1 cm³/mol. The number of carbonyl (C=O) groups is 1. The molecule has 2 aromatic heterocycles. The molecule has 0 bridgehead atoms. The number of rotatable bonds is 4. The summed E-state index contributed by atoms with van der Waals surface area (Å²) in [7, 11) is 0. The first-order valence-electron chi connectivity index (χ1n) is 9.75. The molecule has 1 amide bonds. The summed E-state index contributed by atoms with van der Waals surface area (Å²) in [6.07, 6.45) is 4.92. The van der Waals surface area contributed by atoms with Gasteiger partial charge in [0.15, 0.2) is 0 Å². The van der Waals surface area contributed by atoms with Crippen LogP contribution >= 0.6 is 0 Å². The van der Waals surface area contributed by atoms with E-state index in [4.69, 9.17) is 4.52 Å². The van der Waals surface area contributed by atoms with Gasteiger partial charge in [-0.3, -0.25) is 14.7 Å². The molecule has 2 fully saturated rings. The summed E-state index contributed by atoms with van der Waals surface area (Å²) in [5.74, 6) is 0.459. The van der Waals surface area contributed by atoms with Crippen LogP contribution in [0.3, 0.4) is 0 Å². The molecule has 2 aromatic rings. The number of hydrogen-bond donors (Lipinski definition) is 1. The zero-order valence-corrected chi connectivity index (χ0v) is 15.5. The number of pyridine rings is 1. The molecule has 0 aromatic carbocycles. The molecule has 2 aliphatic heterocycles. The van der Waals surface area contributed by atoms with E-state index >= 15 is 0 Å². The highest BCUT2D eigenvalue weighted by Gasteiger charge is 2.28. The van der Waals surface area contributed by atoms with Crippen molar-refractivity contribution in [2.75, 3.05) is 26.2 Å². The second-order valence-electron chi connectivity index (χ2n) is 7.53. The molecule has 4 rings (SSSR count). The minimum atomic E-state index is -0.299. The van der Waals surface area contributed by atoms with Gasteiger partial charge in [0, 0.05) is 44.4 Å². The Balaban J connectivity index is 1.38. The van der Waals surface area contributed by atoms with E-state index in [9.17, 15) is 9.90 Å². The maximum Gasteiger partial charge on any atom is 0.292 e. The monoisotopic (exact) mass is 370 g/mol. The third-order valence-electron chi connectivity index (χ3n) is 5.53. The fourth-order valence-corrected chi connectivity index (χ4v) is 3.97. The van der Waals surface area contributed by atoms with Crippen molar-refractivity contribution in [2.45, 2.75) is 44.2 Å². The molecule has 7 heteroatoms. The molecule has 1 atom stereocenters. The van der Waals surface area contributed by atoms with E-state index in [1.165, 1.54) is 0 Å². The summed E-state index contributed by atoms with van der Waals surface area (Å²) < 4.78 is 5.38. The minimum Gasteiger partial charge on any atom is -0.393 e. The summed E-state index contributed by atoms with van der Waals surface area (Å²) in [6.45, 7) is 3.91. The molecule has 0 unspecified atom stereocenters. The number of aliphatic hydroxyl groups is 1. The lowest BCUT2D eigenvalue weighted by Gasteiger charge is -2.31. The van der Waals surface area contributed by atoms with Crippen LogP contribution in [0.25, 0.3) is 0 Å². The first kappa shape index (κ1) is 18.1. The Morgan fingerprint density at radius 3 is 2.85 bits per heavy atom. The molecule has 1 N–H and O–H groups in total. The van der Waals surface area contributed by atoms with Crippen molar-refractivity contribution in [3.8, 4) is 0 Å². The van der Waals surface area contributed by atoms with Gasteiger partial charge in [0.05, 0.1) is 17.5 Å². The van der Waals surface area contributed by atoms with Gasteiger partial charge in [-0.1, -0.05) is 11.2 Å². The van der Waals surface area contributed by atoms with Gasteiger partial charge < -0.3 is 14.5 Å². The predicted octanol–water partition coefficient (Wildman–Crippen LogP) is 2.05. The van der Waals surface area contributed by atoms with Crippen LogP contribution in [0.15, 0.2) is 35.0 Å². The third-order valence-corrected chi connectivity index (χ3v) is 5.53. The summed E-state index contributed by atoms with van der Waals surface area (Å²) in [5, 5.41) is 13.8. The molecule has 2 saturated heterocycles. The Kier molecular flexibility index (Phi) is 5.50. The van der Waals surface area contributed by atoms with Crippen molar-refractivity contribution in [1.82, 2.24) is 19.9 Å². The van der Waals surface area contributed by atoms with Crippen molar-refractivity contribution >= 4 is 5.91 Å². The number of amides is 1. The van der Waals surface area contributed by atoms with Crippen LogP contribution < -0.4 is 0 Å². The number of aliphatic hydroxyl groups excluding tert-OH is 1. The van der Waals surface area contributed by atoms with Crippen molar-refractivity contribution in [3.05, 3.63) is 47.6 Å². The molecule has 0 spiro atoms. The zero-order valence-electron chi connectivity index (χ0n) is 15.5. The van der Waals surface area contributed by atoms with Gasteiger partial charge in [0.2, 0.25) is 5.76 Å². The smallest absolute Gasteiger partial charge is 0.292 e. The van der Waals surface area contributed by atoms with E-state index in [1.54, 1.807) is 4.90 Å². The normalized spacial score (nSPS) is 22.1.